The Morgan fingerprint density at radius 2 is 1.67 bits per heavy atom. The van der Waals surface area contributed by atoms with Crippen molar-refractivity contribution in [3.63, 3.8) is 0 Å². The van der Waals surface area contributed by atoms with Gasteiger partial charge in [-0.05, 0) is 42.5 Å². The Morgan fingerprint density at radius 3 is 2.27 bits per heavy atom. The molecule has 0 aliphatic carbocycles. The normalized spacial score (nSPS) is 10.1. The number of anilines is 1. The van der Waals surface area contributed by atoms with Crippen molar-refractivity contribution in [3.8, 4) is 0 Å². The van der Waals surface area contributed by atoms with Crippen LogP contribution in [0.25, 0.3) is 0 Å². The van der Waals surface area contributed by atoms with Crippen molar-refractivity contribution in [2.24, 2.45) is 0 Å². The Balaban J connectivity index is 1.77. The molecule has 2 aromatic rings. The molecule has 0 saturated carbocycles. The van der Waals surface area contributed by atoms with Crippen LogP contribution in [0.3, 0.4) is 0 Å². The molecule has 0 unspecified atom stereocenters. The number of amides is 3. The molecule has 158 valence electrons. The molecule has 0 atom stereocenters. The quantitative estimate of drug-likeness (QED) is 0.629. The summed E-state index contributed by atoms with van der Waals surface area (Å²) in [6, 6.07) is 10.6. The van der Waals surface area contributed by atoms with E-state index in [2.05, 4.69) is 10.6 Å². The first-order valence-electron chi connectivity index (χ1n) is 8.68. The van der Waals surface area contributed by atoms with E-state index >= 15 is 0 Å². The van der Waals surface area contributed by atoms with E-state index in [9.17, 15) is 19.2 Å². The summed E-state index contributed by atoms with van der Waals surface area (Å²) in [6.45, 7) is -0.971. The number of hydrogen-bond donors (Lipinski definition) is 2. The van der Waals surface area contributed by atoms with E-state index in [1.165, 1.54) is 23.1 Å². The van der Waals surface area contributed by atoms with Gasteiger partial charge in [-0.2, -0.15) is 0 Å². The molecule has 0 spiro atoms. The highest BCUT2D eigenvalue weighted by molar-refractivity contribution is 6.36. The number of carbonyl (C=O) groups is 4. The average Bonchev–Trinajstić information content (AvgIpc) is 2.70. The lowest BCUT2D eigenvalue weighted by molar-refractivity contribution is -0.146. The summed E-state index contributed by atoms with van der Waals surface area (Å²) in [5.41, 5.74) is 1.07. The SMILES string of the molecule is CN(C)C(=O)c1ccc(NC(=O)COC(=O)CNC(=O)c2ccc(Cl)cc2Cl)cc1. The van der Waals surface area contributed by atoms with E-state index in [4.69, 9.17) is 27.9 Å². The van der Waals surface area contributed by atoms with Crippen molar-refractivity contribution in [1.82, 2.24) is 10.2 Å². The fourth-order valence-electron chi connectivity index (χ4n) is 2.27. The highest BCUT2D eigenvalue weighted by Crippen LogP contribution is 2.20. The van der Waals surface area contributed by atoms with Crippen LogP contribution < -0.4 is 10.6 Å². The molecule has 2 rings (SSSR count). The van der Waals surface area contributed by atoms with Crippen LogP contribution in [-0.4, -0.2) is 55.8 Å². The van der Waals surface area contributed by atoms with Gasteiger partial charge in [0.25, 0.3) is 17.7 Å². The van der Waals surface area contributed by atoms with Crippen LogP contribution >= 0.6 is 23.2 Å². The Bertz CT molecular complexity index is 961. The van der Waals surface area contributed by atoms with Gasteiger partial charge in [-0.15, -0.1) is 0 Å². The van der Waals surface area contributed by atoms with Gasteiger partial charge in [-0.1, -0.05) is 23.2 Å². The maximum atomic E-state index is 12.0. The van der Waals surface area contributed by atoms with E-state index in [0.29, 0.717) is 16.3 Å². The number of nitrogens with one attached hydrogen (secondary N) is 2. The lowest BCUT2D eigenvalue weighted by atomic mass is 10.2. The van der Waals surface area contributed by atoms with Crippen molar-refractivity contribution in [3.05, 3.63) is 63.6 Å². The fourth-order valence-corrected chi connectivity index (χ4v) is 2.76. The molecule has 0 aliphatic heterocycles. The lowest BCUT2D eigenvalue weighted by Crippen LogP contribution is -2.32. The summed E-state index contributed by atoms with van der Waals surface area (Å²) >= 11 is 11.7. The molecular formula is C20H19Cl2N3O5. The van der Waals surface area contributed by atoms with Gasteiger partial charge in [0.1, 0.15) is 6.54 Å². The Labute approximate surface area is 183 Å². The molecule has 2 aromatic carbocycles. The van der Waals surface area contributed by atoms with E-state index in [-0.39, 0.29) is 16.5 Å². The fraction of sp³-hybridized carbons (Fsp3) is 0.200. The topological polar surface area (TPSA) is 105 Å². The molecule has 10 heteroatoms. The van der Waals surface area contributed by atoms with Gasteiger partial charge in [-0.3, -0.25) is 19.2 Å². The van der Waals surface area contributed by atoms with Crippen molar-refractivity contribution in [2.75, 3.05) is 32.6 Å². The minimum absolute atomic E-state index is 0.144. The maximum absolute atomic E-state index is 12.0. The summed E-state index contributed by atoms with van der Waals surface area (Å²) < 4.78 is 4.82. The third-order valence-electron chi connectivity index (χ3n) is 3.76. The van der Waals surface area contributed by atoms with Gasteiger partial charge in [0.15, 0.2) is 6.61 Å². The predicted octanol–water partition coefficient (Wildman–Crippen LogP) is 2.61. The number of halogens is 2. The number of benzene rings is 2. The minimum atomic E-state index is -0.796. The summed E-state index contributed by atoms with van der Waals surface area (Å²) in [5, 5.41) is 5.41. The number of carbonyl (C=O) groups excluding carboxylic acids is 4. The zero-order chi connectivity index (χ0) is 22.3. The second-order valence-corrected chi connectivity index (χ2v) is 7.14. The molecular weight excluding hydrogens is 433 g/mol. The van der Waals surface area contributed by atoms with Gasteiger partial charge in [0.2, 0.25) is 0 Å². The van der Waals surface area contributed by atoms with Crippen molar-refractivity contribution in [2.45, 2.75) is 0 Å². The Morgan fingerprint density at radius 1 is 1.00 bits per heavy atom. The smallest absolute Gasteiger partial charge is 0.325 e. The first kappa shape index (κ1) is 23.2. The lowest BCUT2D eigenvalue weighted by Gasteiger charge is -2.11. The monoisotopic (exact) mass is 451 g/mol. The number of esters is 1. The van der Waals surface area contributed by atoms with Gasteiger partial charge in [0, 0.05) is 30.4 Å². The van der Waals surface area contributed by atoms with Crippen LogP contribution in [0.4, 0.5) is 5.69 Å². The highest BCUT2D eigenvalue weighted by Gasteiger charge is 2.14. The Hall–Kier alpha value is -3.10. The highest BCUT2D eigenvalue weighted by atomic mass is 35.5. The van der Waals surface area contributed by atoms with E-state index in [0.717, 1.165) is 0 Å². The Kier molecular flexibility index (Phi) is 8.20. The summed E-state index contributed by atoms with van der Waals surface area (Å²) in [4.78, 5) is 48.9. The van der Waals surface area contributed by atoms with Crippen LogP contribution in [0.1, 0.15) is 20.7 Å². The third kappa shape index (κ3) is 6.75. The molecule has 0 aromatic heterocycles. The maximum Gasteiger partial charge on any atom is 0.325 e. The van der Waals surface area contributed by atoms with Crippen LogP contribution in [-0.2, 0) is 14.3 Å². The average molecular weight is 452 g/mol. The second-order valence-electron chi connectivity index (χ2n) is 6.29. The molecule has 0 fully saturated rings. The zero-order valence-electron chi connectivity index (χ0n) is 16.2. The van der Waals surface area contributed by atoms with Crippen molar-refractivity contribution in [1.29, 1.82) is 0 Å². The van der Waals surface area contributed by atoms with Crippen LogP contribution in [0.2, 0.25) is 10.0 Å². The zero-order valence-corrected chi connectivity index (χ0v) is 17.7. The van der Waals surface area contributed by atoms with E-state index in [1.54, 1.807) is 38.4 Å². The second kappa shape index (κ2) is 10.6. The minimum Gasteiger partial charge on any atom is -0.454 e. The van der Waals surface area contributed by atoms with E-state index in [1.807, 2.05) is 0 Å². The molecule has 0 aliphatic rings. The first-order valence-corrected chi connectivity index (χ1v) is 9.43. The van der Waals surface area contributed by atoms with Crippen molar-refractivity contribution < 1.29 is 23.9 Å². The molecule has 30 heavy (non-hydrogen) atoms. The molecule has 0 heterocycles. The molecule has 0 saturated heterocycles. The molecule has 0 bridgehead atoms. The van der Waals surface area contributed by atoms with Crippen molar-refractivity contribution >= 4 is 52.6 Å². The van der Waals surface area contributed by atoms with Crippen LogP contribution in [0.5, 0.6) is 0 Å². The predicted molar refractivity (Wildman–Crippen MR) is 113 cm³/mol. The van der Waals surface area contributed by atoms with E-state index < -0.39 is 30.9 Å². The van der Waals surface area contributed by atoms with Gasteiger partial charge >= 0.3 is 5.97 Å². The van der Waals surface area contributed by atoms with Crippen LogP contribution in [0.15, 0.2) is 42.5 Å². The summed E-state index contributed by atoms with van der Waals surface area (Å²) in [6.07, 6.45) is 0. The van der Waals surface area contributed by atoms with Gasteiger partial charge < -0.3 is 20.3 Å². The van der Waals surface area contributed by atoms with Crippen LogP contribution in [0, 0.1) is 0 Å². The molecule has 2 N–H and O–H groups in total. The number of hydrogen-bond acceptors (Lipinski definition) is 5. The number of ether oxygens (including phenoxy) is 1. The summed E-state index contributed by atoms with van der Waals surface area (Å²) in [7, 11) is 3.28. The molecule has 8 nitrogen and oxygen atoms in total. The number of nitrogens with zero attached hydrogens (tertiary/aromatic N) is 1. The largest absolute Gasteiger partial charge is 0.454 e. The number of rotatable bonds is 7. The molecule has 0 radical (unpaired) electrons. The molecule has 3 amide bonds. The van der Waals surface area contributed by atoms with Gasteiger partial charge in [-0.25, -0.2) is 0 Å². The third-order valence-corrected chi connectivity index (χ3v) is 4.30. The standard InChI is InChI=1S/C20H19Cl2N3O5/c1-25(2)20(29)12-3-6-14(7-4-12)24-17(26)11-30-18(27)10-23-19(28)15-8-5-13(21)9-16(15)22/h3-9H,10-11H2,1-2H3,(H,23,28)(H,24,26). The first-order chi connectivity index (χ1) is 14.2. The van der Waals surface area contributed by atoms with Gasteiger partial charge in [0.05, 0.1) is 10.6 Å². The summed E-state index contributed by atoms with van der Waals surface area (Å²) in [5.74, 6) is -2.10.